The van der Waals surface area contributed by atoms with E-state index in [2.05, 4.69) is 5.92 Å². The second-order valence-corrected chi connectivity index (χ2v) is 5.25. The van der Waals surface area contributed by atoms with Crippen molar-refractivity contribution >= 4 is 11.9 Å². The first-order chi connectivity index (χ1) is 7.83. The van der Waals surface area contributed by atoms with Gasteiger partial charge in [-0.2, -0.15) is 0 Å². The molecule has 1 aliphatic heterocycles. The van der Waals surface area contributed by atoms with Crippen molar-refractivity contribution in [2.45, 2.75) is 39.2 Å². The Morgan fingerprint density at radius 1 is 1.59 bits per heavy atom. The van der Waals surface area contributed by atoms with Crippen molar-refractivity contribution in [3.8, 4) is 12.3 Å². The normalized spacial score (nSPS) is 20.9. The van der Waals surface area contributed by atoms with Crippen molar-refractivity contribution in [1.82, 2.24) is 4.90 Å². The van der Waals surface area contributed by atoms with E-state index in [1.54, 1.807) is 4.90 Å². The lowest BCUT2D eigenvalue weighted by molar-refractivity contribution is -0.125. The smallest absolute Gasteiger partial charge is 0.410 e. The minimum atomic E-state index is -0.514. The molecule has 0 radical (unpaired) electrons. The second-order valence-electron chi connectivity index (χ2n) is 5.25. The molecule has 0 aromatic heterocycles. The first-order valence-electron chi connectivity index (χ1n) is 5.77. The molecule has 1 atom stereocenters. The van der Waals surface area contributed by atoms with Gasteiger partial charge < -0.3 is 9.64 Å². The molecule has 0 aliphatic carbocycles. The topological polar surface area (TPSA) is 46.6 Å². The Morgan fingerprint density at radius 2 is 2.24 bits per heavy atom. The molecule has 1 fully saturated rings. The van der Waals surface area contributed by atoms with Crippen LogP contribution < -0.4 is 0 Å². The molecule has 0 saturated carbocycles. The molecule has 1 aliphatic rings. The van der Waals surface area contributed by atoms with E-state index in [0.29, 0.717) is 25.9 Å². The molecule has 4 nitrogen and oxygen atoms in total. The Balaban J connectivity index is 2.59. The minimum Gasteiger partial charge on any atom is -0.444 e. The largest absolute Gasteiger partial charge is 0.444 e. The van der Waals surface area contributed by atoms with Crippen molar-refractivity contribution in [3.63, 3.8) is 0 Å². The summed E-state index contributed by atoms with van der Waals surface area (Å²) >= 11 is 0. The Morgan fingerprint density at radius 3 is 2.76 bits per heavy atom. The van der Waals surface area contributed by atoms with Crippen LogP contribution in [0.1, 0.15) is 33.6 Å². The number of Topliss-reactive ketones (excluding diaryl/α,β-unsaturated/α-hetero) is 1. The van der Waals surface area contributed by atoms with Crippen LogP contribution in [0.25, 0.3) is 0 Å². The fourth-order valence-corrected chi connectivity index (χ4v) is 1.72. The number of nitrogens with zero attached hydrogens (tertiary/aromatic N) is 1. The van der Waals surface area contributed by atoms with Gasteiger partial charge in [0, 0.05) is 31.8 Å². The molecule has 0 aromatic carbocycles. The number of rotatable bonds is 1. The molecule has 17 heavy (non-hydrogen) atoms. The third kappa shape index (κ3) is 4.10. The maximum absolute atomic E-state index is 11.8. The summed E-state index contributed by atoms with van der Waals surface area (Å²) in [6.07, 6.45) is 5.59. The zero-order valence-corrected chi connectivity index (χ0v) is 10.7. The highest BCUT2D eigenvalue weighted by atomic mass is 16.6. The lowest BCUT2D eigenvalue weighted by atomic mass is 9.94. The molecule has 1 rings (SSSR count). The maximum atomic E-state index is 11.8. The van der Waals surface area contributed by atoms with Gasteiger partial charge in [-0.25, -0.2) is 4.79 Å². The molecule has 1 heterocycles. The van der Waals surface area contributed by atoms with E-state index in [1.165, 1.54) is 0 Å². The van der Waals surface area contributed by atoms with Gasteiger partial charge in [-0.05, 0) is 20.8 Å². The predicted molar refractivity (Wildman–Crippen MR) is 64.4 cm³/mol. The molecule has 0 bridgehead atoms. The van der Waals surface area contributed by atoms with E-state index in [1.807, 2.05) is 20.8 Å². The molecule has 0 aromatic rings. The quantitative estimate of drug-likeness (QED) is 0.654. The molecular formula is C13H19NO3. The molecule has 1 amide bonds. The summed E-state index contributed by atoms with van der Waals surface area (Å²) in [6.45, 7) is 6.25. The van der Waals surface area contributed by atoms with Gasteiger partial charge in [0.2, 0.25) is 0 Å². The van der Waals surface area contributed by atoms with Crippen molar-refractivity contribution < 1.29 is 14.3 Å². The fourth-order valence-electron chi connectivity index (χ4n) is 1.72. The number of ether oxygens (including phenoxy) is 1. The standard InChI is InChI=1S/C13H19NO3/c1-5-6-10-9-14(8-7-11(10)15)12(16)17-13(2,3)4/h1,10H,6-9H2,2-4H3. The average Bonchev–Trinajstić information content (AvgIpc) is 2.19. The van der Waals surface area contributed by atoms with Crippen LogP contribution in [0.5, 0.6) is 0 Å². The van der Waals surface area contributed by atoms with Gasteiger partial charge in [0.1, 0.15) is 11.4 Å². The van der Waals surface area contributed by atoms with Crippen molar-refractivity contribution in [1.29, 1.82) is 0 Å². The van der Waals surface area contributed by atoms with E-state index in [4.69, 9.17) is 11.2 Å². The number of piperidine rings is 1. The number of carbonyl (C=O) groups excluding carboxylic acids is 2. The lowest BCUT2D eigenvalue weighted by Crippen LogP contribution is -2.46. The van der Waals surface area contributed by atoms with Gasteiger partial charge in [0.05, 0.1) is 0 Å². The highest BCUT2D eigenvalue weighted by Gasteiger charge is 2.31. The van der Waals surface area contributed by atoms with Crippen LogP contribution in [0.4, 0.5) is 4.79 Å². The van der Waals surface area contributed by atoms with E-state index in [-0.39, 0.29) is 17.8 Å². The summed E-state index contributed by atoms with van der Waals surface area (Å²) in [5, 5.41) is 0. The Bertz CT molecular complexity index is 349. The molecule has 0 spiro atoms. The van der Waals surface area contributed by atoms with Crippen LogP contribution in [0.3, 0.4) is 0 Å². The summed E-state index contributed by atoms with van der Waals surface area (Å²) in [5.41, 5.74) is -0.514. The fraction of sp³-hybridized carbons (Fsp3) is 0.692. The third-order valence-corrected chi connectivity index (χ3v) is 2.54. The van der Waals surface area contributed by atoms with Crippen LogP contribution in [0, 0.1) is 18.3 Å². The van der Waals surface area contributed by atoms with E-state index >= 15 is 0 Å². The molecule has 0 N–H and O–H groups in total. The first-order valence-corrected chi connectivity index (χ1v) is 5.77. The first kappa shape index (κ1) is 13.6. The van der Waals surface area contributed by atoms with E-state index in [9.17, 15) is 9.59 Å². The predicted octanol–water partition coefficient (Wildman–Crippen LogP) is 1.84. The van der Waals surface area contributed by atoms with Crippen molar-refractivity contribution in [2.24, 2.45) is 5.92 Å². The van der Waals surface area contributed by atoms with Gasteiger partial charge in [-0.1, -0.05) is 0 Å². The zero-order valence-electron chi connectivity index (χ0n) is 10.7. The highest BCUT2D eigenvalue weighted by molar-refractivity contribution is 5.84. The van der Waals surface area contributed by atoms with E-state index < -0.39 is 5.60 Å². The van der Waals surface area contributed by atoms with Crippen LogP contribution in [-0.4, -0.2) is 35.5 Å². The van der Waals surface area contributed by atoms with Crippen LogP contribution in [-0.2, 0) is 9.53 Å². The van der Waals surface area contributed by atoms with Gasteiger partial charge in [0.15, 0.2) is 0 Å². The summed E-state index contributed by atoms with van der Waals surface area (Å²) < 4.78 is 5.26. The van der Waals surface area contributed by atoms with Gasteiger partial charge in [-0.15, -0.1) is 12.3 Å². The Labute approximate surface area is 102 Å². The molecule has 1 saturated heterocycles. The Kier molecular flexibility index (Phi) is 4.17. The summed E-state index contributed by atoms with van der Waals surface area (Å²) in [7, 11) is 0. The van der Waals surface area contributed by atoms with Crippen molar-refractivity contribution in [2.75, 3.05) is 13.1 Å². The monoisotopic (exact) mass is 237 g/mol. The molecule has 1 unspecified atom stereocenters. The van der Waals surface area contributed by atoms with Gasteiger partial charge in [0.25, 0.3) is 0 Å². The van der Waals surface area contributed by atoms with Crippen LogP contribution in [0.2, 0.25) is 0 Å². The highest BCUT2D eigenvalue weighted by Crippen LogP contribution is 2.18. The second kappa shape index (κ2) is 5.22. The number of amides is 1. The van der Waals surface area contributed by atoms with Gasteiger partial charge in [-0.3, -0.25) is 4.79 Å². The van der Waals surface area contributed by atoms with Crippen molar-refractivity contribution in [3.05, 3.63) is 0 Å². The number of carbonyl (C=O) groups is 2. The minimum absolute atomic E-state index is 0.141. The lowest BCUT2D eigenvalue weighted by Gasteiger charge is -2.32. The number of hydrogen-bond acceptors (Lipinski definition) is 3. The van der Waals surface area contributed by atoms with Crippen LogP contribution >= 0.6 is 0 Å². The number of likely N-dealkylation sites (tertiary alicyclic amines) is 1. The Hall–Kier alpha value is -1.50. The zero-order chi connectivity index (χ0) is 13.1. The van der Waals surface area contributed by atoms with Gasteiger partial charge >= 0.3 is 6.09 Å². The van der Waals surface area contributed by atoms with Crippen LogP contribution in [0.15, 0.2) is 0 Å². The number of hydrogen-bond donors (Lipinski definition) is 0. The summed E-state index contributed by atoms with van der Waals surface area (Å²) in [5.74, 6) is 2.38. The summed E-state index contributed by atoms with van der Waals surface area (Å²) in [4.78, 5) is 24.9. The molecule has 94 valence electrons. The maximum Gasteiger partial charge on any atom is 0.410 e. The molecule has 4 heteroatoms. The number of terminal acetylenes is 1. The SMILES string of the molecule is C#CCC1CN(C(=O)OC(C)(C)C)CCC1=O. The van der Waals surface area contributed by atoms with E-state index in [0.717, 1.165) is 0 Å². The third-order valence-electron chi connectivity index (χ3n) is 2.54. The average molecular weight is 237 g/mol. The summed E-state index contributed by atoms with van der Waals surface area (Å²) in [6, 6.07) is 0. The number of ketones is 1. The molecular weight excluding hydrogens is 218 g/mol.